The third-order valence-corrected chi connectivity index (χ3v) is 2.51. The summed E-state index contributed by atoms with van der Waals surface area (Å²) in [5.41, 5.74) is 1.25. The number of nitrogens with one attached hydrogen (secondary N) is 2. The lowest BCUT2D eigenvalue weighted by molar-refractivity contribution is -0.139. The van der Waals surface area contributed by atoms with E-state index in [1.807, 2.05) is 6.92 Å². The molecule has 0 fully saturated rings. The molecule has 8 heteroatoms. The largest absolute Gasteiger partial charge is 0.480 e. The number of anilines is 1. The number of urea groups is 1. The van der Waals surface area contributed by atoms with E-state index in [1.165, 1.54) is 0 Å². The Morgan fingerprint density at radius 1 is 1.53 bits per heavy atom. The van der Waals surface area contributed by atoms with E-state index in [0.29, 0.717) is 17.8 Å². The van der Waals surface area contributed by atoms with Crippen molar-refractivity contribution in [3.63, 3.8) is 0 Å². The van der Waals surface area contributed by atoms with Crippen LogP contribution < -0.4 is 10.6 Å². The zero-order valence-electron chi connectivity index (χ0n) is 10.9. The van der Waals surface area contributed by atoms with Crippen molar-refractivity contribution in [3.8, 4) is 0 Å². The van der Waals surface area contributed by atoms with Gasteiger partial charge in [-0.1, -0.05) is 6.92 Å². The van der Waals surface area contributed by atoms with E-state index in [4.69, 9.17) is 10.2 Å². The van der Waals surface area contributed by atoms with Crippen molar-refractivity contribution in [1.29, 1.82) is 0 Å². The van der Waals surface area contributed by atoms with Crippen LogP contribution in [0.5, 0.6) is 0 Å². The number of carbonyl (C=O) groups is 2. The van der Waals surface area contributed by atoms with Crippen LogP contribution in [0.4, 0.5) is 10.5 Å². The van der Waals surface area contributed by atoms with Gasteiger partial charge in [-0.3, -0.25) is 4.68 Å². The third kappa shape index (κ3) is 4.25. The minimum absolute atomic E-state index is 0.0452. The summed E-state index contributed by atoms with van der Waals surface area (Å²) in [7, 11) is 1.73. The highest BCUT2D eigenvalue weighted by Gasteiger charge is 2.20. The zero-order chi connectivity index (χ0) is 14.4. The molecule has 106 valence electrons. The molecule has 4 N–H and O–H groups in total. The van der Waals surface area contributed by atoms with E-state index in [1.54, 1.807) is 17.9 Å². The molecule has 1 aromatic heterocycles. The van der Waals surface area contributed by atoms with Crippen LogP contribution in [0.2, 0.25) is 0 Å². The molecule has 8 nitrogen and oxygen atoms in total. The first-order chi connectivity index (χ1) is 8.97. The molecule has 1 heterocycles. The number of aryl methyl sites for hydroxylation is 2. The van der Waals surface area contributed by atoms with Crippen LogP contribution in [0.15, 0.2) is 6.20 Å². The third-order valence-electron chi connectivity index (χ3n) is 2.51. The molecule has 0 saturated heterocycles. The summed E-state index contributed by atoms with van der Waals surface area (Å²) in [6.45, 7) is 1.58. The Morgan fingerprint density at radius 2 is 2.21 bits per heavy atom. The van der Waals surface area contributed by atoms with Crippen LogP contribution in [0.1, 0.15) is 19.0 Å². The number of carbonyl (C=O) groups excluding carboxylic acids is 1. The van der Waals surface area contributed by atoms with Gasteiger partial charge in [0, 0.05) is 26.3 Å². The average molecular weight is 270 g/mol. The Hall–Kier alpha value is -2.09. The fraction of sp³-hybridized carbons (Fsp3) is 0.545. The van der Waals surface area contributed by atoms with Gasteiger partial charge in [-0.2, -0.15) is 5.10 Å². The number of aromatic nitrogens is 2. The summed E-state index contributed by atoms with van der Waals surface area (Å²) in [6, 6.07) is -1.75. The molecular weight excluding hydrogens is 252 g/mol. The standard InChI is InChI=1S/C11H18N4O4/c1-3-7-9(6-15(2)14-7)13-11(19)12-8(4-5-16)10(17)18/h6,8,16H,3-5H2,1-2H3,(H,17,18)(H2,12,13,19). The second-order valence-corrected chi connectivity index (χ2v) is 4.02. The van der Waals surface area contributed by atoms with Gasteiger partial charge in [-0.25, -0.2) is 9.59 Å². The second kappa shape index (κ2) is 6.74. The van der Waals surface area contributed by atoms with E-state index in [2.05, 4.69) is 15.7 Å². The van der Waals surface area contributed by atoms with E-state index in [-0.39, 0.29) is 13.0 Å². The van der Waals surface area contributed by atoms with Crippen molar-refractivity contribution in [2.75, 3.05) is 11.9 Å². The molecule has 1 unspecified atom stereocenters. The molecule has 19 heavy (non-hydrogen) atoms. The highest BCUT2D eigenvalue weighted by molar-refractivity contribution is 5.92. The first-order valence-electron chi connectivity index (χ1n) is 5.91. The van der Waals surface area contributed by atoms with Gasteiger partial charge in [-0.15, -0.1) is 0 Å². The van der Waals surface area contributed by atoms with Crippen LogP contribution >= 0.6 is 0 Å². The summed E-state index contributed by atoms with van der Waals surface area (Å²) in [4.78, 5) is 22.5. The Balaban J connectivity index is 2.65. The van der Waals surface area contributed by atoms with Crippen molar-refractivity contribution in [2.45, 2.75) is 25.8 Å². The van der Waals surface area contributed by atoms with E-state index < -0.39 is 18.0 Å². The molecule has 0 saturated carbocycles. The lowest BCUT2D eigenvalue weighted by Gasteiger charge is -2.13. The van der Waals surface area contributed by atoms with E-state index >= 15 is 0 Å². The SMILES string of the molecule is CCc1nn(C)cc1NC(=O)NC(CCO)C(=O)O. The average Bonchev–Trinajstić information content (AvgIpc) is 2.68. The van der Waals surface area contributed by atoms with Crippen molar-refractivity contribution in [1.82, 2.24) is 15.1 Å². The van der Waals surface area contributed by atoms with Crippen LogP contribution in [0.3, 0.4) is 0 Å². The fourth-order valence-electron chi connectivity index (χ4n) is 1.60. The molecule has 0 aromatic carbocycles. The monoisotopic (exact) mass is 270 g/mol. The normalized spacial score (nSPS) is 11.9. The Kier molecular flexibility index (Phi) is 5.31. The predicted octanol–water partition coefficient (Wildman–Crippen LogP) is -0.0604. The van der Waals surface area contributed by atoms with Gasteiger partial charge in [0.05, 0.1) is 11.4 Å². The summed E-state index contributed by atoms with van der Waals surface area (Å²) in [5.74, 6) is -1.19. The maximum atomic E-state index is 11.7. The first-order valence-corrected chi connectivity index (χ1v) is 5.91. The molecule has 0 aliphatic rings. The van der Waals surface area contributed by atoms with Gasteiger partial charge in [0.1, 0.15) is 6.04 Å². The summed E-state index contributed by atoms with van der Waals surface area (Å²) in [6.07, 6.45) is 2.24. The Bertz CT molecular complexity index is 458. The molecule has 0 aliphatic carbocycles. The molecule has 0 spiro atoms. The van der Waals surface area contributed by atoms with Crippen molar-refractivity contribution in [2.24, 2.45) is 7.05 Å². The number of aliphatic carboxylic acids is 1. The lowest BCUT2D eigenvalue weighted by atomic mass is 10.2. The van der Waals surface area contributed by atoms with E-state index in [0.717, 1.165) is 0 Å². The number of nitrogens with zero attached hydrogens (tertiary/aromatic N) is 2. The number of hydrogen-bond acceptors (Lipinski definition) is 4. The maximum absolute atomic E-state index is 11.7. The number of aliphatic hydroxyl groups excluding tert-OH is 1. The quantitative estimate of drug-likeness (QED) is 0.578. The molecule has 0 radical (unpaired) electrons. The number of rotatable bonds is 6. The zero-order valence-corrected chi connectivity index (χ0v) is 10.9. The summed E-state index contributed by atoms with van der Waals surface area (Å²) in [5, 5.41) is 26.6. The molecule has 1 aromatic rings. The lowest BCUT2D eigenvalue weighted by Crippen LogP contribution is -2.43. The molecule has 2 amide bonds. The van der Waals surface area contributed by atoms with Crippen molar-refractivity contribution in [3.05, 3.63) is 11.9 Å². The number of aliphatic hydroxyl groups is 1. The van der Waals surface area contributed by atoms with Gasteiger partial charge in [-0.05, 0) is 6.42 Å². The Labute approximate surface area is 110 Å². The second-order valence-electron chi connectivity index (χ2n) is 4.02. The van der Waals surface area contributed by atoms with Gasteiger partial charge < -0.3 is 20.8 Å². The smallest absolute Gasteiger partial charge is 0.326 e. The number of amides is 2. The molecular formula is C11H18N4O4. The highest BCUT2D eigenvalue weighted by atomic mass is 16.4. The molecule has 0 aliphatic heterocycles. The van der Waals surface area contributed by atoms with Crippen LogP contribution in [-0.2, 0) is 18.3 Å². The molecule has 1 atom stereocenters. The van der Waals surface area contributed by atoms with Crippen molar-refractivity contribution >= 4 is 17.7 Å². The number of hydrogen-bond donors (Lipinski definition) is 4. The Morgan fingerprint density at radius 3 is 2.74 bits per heavy atom. The molecule has 1 rings (SSSR count). The number of carboxylic acid groups (broad SMARTS) is 1. The van der Waals surface area contributed by atoms with Crippen molar-refractivity contribution < 1.29 is 19.8 Å². The predicted molar refractivity (Wildman–Crippen MR) is 67.9 cm³/mol. The van der Waals surface area contributed by atoms with E-state index in [9.17, 15) is 9.59 Å². The topological polar surface area (TPSA) is 116 Å². The van der Waals surface area contributed by atoms with Crippen LogP contribution in [-0.4, -0.2) is 44.6 Å². The summed E-state index contributed by atoms with van der Waals surface area (Å²) < 4.78 is 1.57. The minimum Gasteiger partial charge on any atom is -0.480 e. The van der Waals surface area contributed by atoms with Gasteiger partial charge >= 0.3 is 12.0 Å². The fourth-order valence-corrected chi connectivity index (χ4v) is 1.60. The molecule has 0 bridgehead atoms. The first kappa shape index (κ1) is 15.0. The van der Waals surface area contributed by atoms with Crippen LogP contribution in [0.25, 0.3) is 0 Å². The van der Waals surface area contributed by atoms with Crippen LogP contribution in [0, 0.1) is 0 Å². The van der Waals surface area contributed by atoms with Gasteiger partial charge in [0.25, 0.3) is 0 Å². The minimum atomic E-state index is -1.19. The highest BCUT2D eigenvalue weighted by Crippen LogP contribution is 2.13. The van der Waals surface area contributed by atoms with Gasteiger partial charge in [0.15, 0.2) is 0 Å². The maximum Gasteiger partial charge on any atom is 0.326 e. The summed E-state index contributed by atoms with van der Waals surface area (Å²) >= 11 is 0. The number of carboxylic acids is 1. The van der Waals surface area contributed by atoms with Gasteiger partial charge in [0.2, 0.25) is 0 Å².